The zero-order valence-corrected chi connectivity index (χ0v) is 11.0. The van der Waals surface area contributed by atoms with Crippen LogP contribution in [0.25, 0.3) is 0 Å². The standard InChI is InChI=1S/C9H12ClN3O4S/c1-11-18(16,17)3-2-12-8-7(10)4-6(5-13-8)9(14)15/h4-5,11H,2-3H2,1H3,(H,12,13)(H,14,15). The number of rotatable bonds is 6. The molecule has 3 N–H and O–H groups in total. The largest absolute Gasteiger partial charge is 0.478 e. The van der Waals surface area contributed by atoms with Crippen molar-refractivity contribution in [1.29, 1.82) is 0 Å². The number of nitrogens with one attached hydrogen (secondary N) is 2. The van der Waals surface area contributed by atoms with Gasteiger partial charge in [-0.3, -0.25) is 0 Å². The summed E-state index contributed by atoms with van der Waals surface area (Å²) in [6.45, 7) is 0.113. The molecule has 0 atom stereocenters. The lowest BCUT2D eigenvalue weighted by Gasteiger charge is -2.07. The summed E-state index contributed by atoms with van der Waals surface area (Å²) in [6.07, 6.45) is 1.14. The Hall–Kier alpha value is -1.38. The zero-order chi connectivity index (χ0) is 13.8. The molecule has 0 aliphatic carbocycles. The third kappa shape index (κ3) is 4.13. The van der Waals surface area contributed by atoms with E-state index in [1.165, 1.54) is 13.1 Å². The van der Waals surface area contributed by atoms with Crippen molar-refractivity contribution in [2.45, 2.75) is 0 Å². The SMILES string of the molecule is CNS(=O)(=O)CCNc1ncc(C(=O)O)cc1Cl. The molecule has 7 nitrogen and oxygen atoms in total. The van der Waals surface area contributed by atoms with E-state index in [-0.39, 0.29) is 28.7 Å². The van der Waals surface area contributed by atoms with Gasteiger partial charge < -0.3 is 10.4 Å². The second-order valence-electron chi connectivity index (χ2n) is 3.31. The second kappa shape index (κ2) is 5.98. The Morgan fingerprint density at radius 1 is 1.56 bits per heavy atom. The maximum Gasteiger partial charge on any atom is 0.337 e. The quantitative estimate of drug-likeness (QED) is 0.700. The number of hydrogen-bond acceptors (Lipinski definition) is 5. The van der Waals surface area contributed by atoms with Crippen molar-refractivity contribution in [3.05, 3.63) is 22.8 Å². The Balaban J connectivity index is 2.67. The Kier molecular flexibility index (Phi) is 4.88. The molecule has 1 aromatic heterocycles. The van der Waals surface area contributed by atoms with E-state index in [1.807, 2.05) is 0 Å². The molecule has 0 saturated heterocycles. The van der Waals surface area contributed by atoms with Crippen LogP contribution in [0.5, 0.6) is 0 Å². The van der Waals surface area contributed by atoms with Gasteiger partial charge in [-0.1, -0.05) is 11.6 Å². The molecular weight excluding hydrogens is 282 g/mol. The van der Waals surface area contributed by atoms with E-state index in [4.69, 9.17) is 16.7 Å². The number of halogens is 1. The van der Waals surface area contributed by atoms with Gasteiger partial charge in [-0.05, 0) is 13.1 Å². The van der Waals surface area contributed by atoms with Gasteiger partial charge in [0.05, 0.1) is 16.3 Å². The summed E-state index contributed by atoms with van der Waals surface area (Å²) in [5, 5.41) is 11.5. The van der Waals surface area contributed by atoms with Crippen LogP contribution in [0, 0.1) is 0 Å². The molecule has 18 heavy (non-hydrogen) atoms. The minimum Gasteiger partial charge on any atom is -0.478 e. The number of hydrogen-bond donors (Lipinski definition) is 3. The van der Waals surface area contributed by atoms with Gasteiger partial charge in [0.1, 0.15) is 5.82 Å². The van der Waals surface area contributed by atoms with Gasteiger partial charge >= 0.3 is 5.97 Å². The van der Waals surface area contributed by atoms with Gasteiger partial charge in [-0.2, -0.15) is 0 Å². The van der Waals surface area contributed by atoms with Crippen LogP contribution in [0.3, 0.4) is 0 Å². The topological polar surface area (TPSA) is 108 Å². The van der Waals surface area contributed by atoms with E-state index < -0.39 is 16.0 Å². The summed E-state index contributed by atoms with van der Waals surface area (Å²) in [5.41, 5.74) is -0.0339. The summed E-state index contributed by atoms with van der Waals surface area (Å²) < 4.78 is 24.4. The average molecular weight is 294 g/mol. The molecule has 0 aromatic carbocycles. The van der Waals surface area contributed by atoms with Crippen molar-refractivity contribution in [2.24, 2.45) is 0 Å². The van der Waals surface area contributed by atoms with E-state index in [1.54, 1.807) is 0 Å². The van der Waals surface area contributed by atoms with Crippen molar-refractivity contribution in [2.75, 3.05) is 24.7 Å². The maximum absolute atomic E-state index is 11.1. The van der Waals surface area contributed by atoms with Crippen molar-refractivity contribution in [3.63, 3.8) is 0 Å². The molecule has 0 unspecified atom stereocenters. The summed E-state index contributed by atoms with van der Waals surface area (Å²) >= 11 is 5.80. The highest BCUT2D eigenvalue weighted by atomic mass is 35.5. The van der Waals surface area contributed by atoms with Gasteiger partial charge in [0.15, 0.2) is 0 Å². The molecular formula is C9H12ClN3O4S. The lowest BCUT2D eigenvalue weighted by molar-refractivity contribution is 0.0696. The summed E-state index contributed by atoms with van der Waals surface area (Å²) in [6, 6.07) is 1.24. The lowest BCUT2D eigenvalue weighted by Crippen LogP contribution is -2.26. The van der Waals surface area contributed by atoms with E-state index in [9.17, 15) is 13.2 Å². The number of nitrogens with zero attached hydrogens (tertiary/aromatic N) is 1. The molecule has 0 saturated carbocycles. The molecule has 9 heteroatoms. The smallest absolute Gasteiger partial charge is 0.337 e. The Bertz CT molecular complexity index is 547. The van der Waals surface area contributed by atoms with Crippen LogP contribution in [0.1, 0.15) is 10.4 Å². The number of carboxylic acid groups (broad SMARTS) is 1. The average Bonchev–Trinajstić information content (AvgIpc) is 2.31. The Labute approximate surface area is 109 Å². The summed E-state index contributed by atoms with van der Waals surface area (Å²) in [4.78, 5) is 14.4. The van der Waals surface area contributed by atoms with Crippen LogP contribution >= 0.6 is 11.6 Å². The highest BCUT2D eigenvalue weighted by molar-refractivity contribution is 7.89. The monoisotopic (exact) mass is 293 g/mol. The zero-order valence-electron chi connectivity index (χ0n) is 9.47. The van der Waals surface area contributed by atoms with Crippen molar-refractivity contribution >= 4 is 33.4 Å². The van der Waals surface area contributed by atoms with Crippen LogP contribution in [0.4, 0.5) is 5.82 Å². The van der Waals surface area contributed by atoms with Gasteiger partial charge in [-0.25, -0.2) is 22.9 Å². The molecule has 1 rings (SSSR count). The Morgan fingerprint density at radius 3 is 2.72 bits per heavy atom. The van der Waals surface area contributed by atoms with E-state index in [0.29, 0.717) is 0 Å². The number of sulfonamides is 1. The van der Waals surface area contributed by atoms with Gasteiger partial charge in [0.25, 0.3) is 0 Å². The lowest BCUT2D eigenvalue weighted by atomic mass is 10.3. The summed E-state index contributed by atoms with van der Waals surface area (Å²) in [5.74, 6) is -1.02. The van der Waals surface area contributed by atoms with E-state index >= 15 is 0 Å². The first kappa shape index (κ1) is 14.7. The number of aromatic nitrogens is 1. The van der Waals surface area contributed by atoms with Crippen LogP contribution in [-0.2, 0) is 10.0 Å². The third-order valence-electron chi connectivity index (χ3n) is 2.06. The van der Waals surface area contributed by atoms with E-state index in [2.05, 4.69) is 15.0 Å². The van der Waals surface area contributed by atoms with Crippen LogP contribution in [0.2, 0.25) is 5.02 Å². The Morgan fingerprint density at radius 2 is 2.22 bits per heavy atom. The minimum absolute atomic E-state index is 0.0339. The molecule has 1 heterocycles. The fourth-order valence-corrected chi connectivity index (χ4v) is 1.90. The first-order valence-corrected chi connectivity index (χ1v) is 6.92. The molecule has 0 aliphatic rings. The first-order valence-electron chi connectivity index (χ1n) is 4.89. The third-order valence-corrected chi connectivity index (χ3v) is 3.71. The maximum atomic E-state index is 11.1. The van der Waals surface area contributed by atoms with Gasteiger partial charge in [0, 0.05) is 12.7 Å². The molecule has 1 aromatic rings. The van der Waals surface area contributed by atoms with Gasteiger partial charge in [-0.15, -0.1) is 0 Å². The van der Waals surface area contributed by atoms with Crippen LogP contribution in [0.15, 0.2) is 12.3 Å². The van der Waals surface area contributed by atoms with Gasteiger partial charge in [0.2, 0.25) is 10.0 Å². The molecule has 0 fully saturated rings. The van der Waals surface area contributed by atoms with Crippen LogP contribution < -0.4 is 10.0 Å². The predicted octanol–water partition coefficient (Wildman–Crippen LogP) is 0.394. The molecule has 0 bridgehead atoms. The molecule has 0 amide bonds. The van der Waals surface area contributed by atoms with Crippen LogP contribution in [-0.4, -0.2) is 43.8 Å². The van der Waals surface area contributed by atoms with Crippen molar-refractivity contribution < 1.29 is 18.3 Å². The molecule has 100 valence electrons. The normalized spacial score (nSPS) is 11.2. The first-order chi connectivity index (χ1) is 8.35. The fraction of sp³-hybridized carbons (Fsp3) is 0.333. The summed E-state index contributed by atoms with van der Waals surface area (Å²) in [7, 11) is -1.98. The number of carboxylic acids is 1. The number of carbonyl (C=O) groups is 1. The second-order valence-corrected chi connectivity index (χ2v) is 5.76. The highest BCUT2D eigenvalue weighted by Gasteiger charge is 2.10. The number of anilines is 1. The highest BCUT2D eigenvalue weighted by Crippen LogP contribution is 2.19. The number of pyridine rings is 1. The van der Waals surface area contributed by atoms with Crippen molar-refractivity contribution in [1.82, 2.24) is 9.71 Å². The number of aromatic carboxylic acids is 1. The molecule has 0 aliphatic heterocycles. The molecule has 0 radical (unpaired) electrons. The fourth-order valence-electron chi connectivity index (χ4n) is 1.09. The van der Waals surface area contributed by atoms with E-state index in [0.717, 1.165) is 6.20 Å². The minimum atomic E-state index is -3.30. The van der Waals surface area contributed by atoms with Crippen molar-refractivity contribution in [3.8, 4) is 0 Å². The predicted molar refractivity (Wildman–Crippen MR) is 67.5 cm³/mol. The molecule has 0 spiro atoms.